The number of benzene rings is 2. The van der Waals surface area contributed by atoms with E-state index in [0.29, 0.717) is 13.0 Å². The summed E-state index contributed by atoms with van der Waals surface area (Å²) in [5.41, 5.74) is 0.328. The Balaban J connectivity index is 1.93. The topological polar surface area (TPSA) is 98.5 Å². The number of esters is 1. The van der Waals surface area contributed by atoms with Crippen molar-refractivity contribution in [3.05, 3.63) is 74.8 Å². The van der Waals surface area contributed by atoms with Crippen LogP contribution in [-0.4, -0.2) is 29.4 Å². The first-order chi connectivity index (χ1) is 12.4. The molecule has 0 aromatic heterocycles. The van der Waals surface area contributed by atoms with Gasteiger partial charge in [0.05, 0.1) is 4.92 Å². The summed E-state index contributed by atoms with van der Waals surface area (Å²) in [7, 11) is 0. The molecule has 0 aliphatic rings. The van der Waals surface area contributed by atoms with E-state index in [-0.39, 0.29) is 10.6 Å². The molecule has 0 spiro atoms. The van der Waals surface area contributed by atoms with Crippen molar-refractivity contribution in [1.82, 2.24) is 5.32 Å². The van der Waals surface area contributed by atoms with Crippen molar-refractivity contribution < 1.29 is 19.2 Å². The highest BCUT2D eigenvalue weighted by atomic mass is 35.5. The van der Waals surface area contributed by atoms with Gasteiger partial charge in [-0.25, -0.2) is 4.79 Å². The largest absolute Gasteiger partial charge is 0.449 e. The van der Waals surface area contributed by atoms with Crippen LogP contribution in [0.25, 0.3) is 0 Å². The molecule has 136 valence electrons. The third-order valence-corrected chi connectivity index (χ3v) is 3.82. The van der Waals surface area contributed by atoms with Crippen LogP contribution in [0.1, 0.15) is 22.8 Å². The van der Waals surface area contributed by atoms with E-state index >= 15 is 0 Å². The zero-order valence-electron chi connectivity index (χ0n) is 14.0. The van der Waals surface area contributed by atoms with Crippen LogP contribution in [0.5, 0.6) is 0 Å². The fourth-order valence-electron chi connectivity index (χ4n) is 2.23. The molecule has 0 fully saturated rings. The Morgan fingerprint density at radius 3 is 2.58 bits per heavy atom. The number of amides is 1. The SMILES string of the molecule is CC(OC(=O)c1cc(Cl)ccc1[N+](=O)[O-])C(=O)NCCc1ccccc1. The maximum atomic E-state index is 12.2. The van der Waals surface area contributed by atoms with Crippen LogP contribution < -0.4 is 5.32 Å². The highest BCUT2D eigenvalue weighted by Crippen LogP contribution is 2.23. The summed E-state index contributed by atoms with van der Waals surface area (Å²) in [6, 6.07) is 13.1. The molecule has 1 amide bonds. The number of nitro benzene ring substituents is 1. The van der Waals surface area contributed by atoms with E-state index in [0.717, 1.165) is 17.7 Å². The monoisotopic (exact) mass is 376 g/mol. The molecule has 26 heavy (non-hydrogen) atoms. The summed E-state index contributed by atoms with van der Waals surface area (Å²) < 4.78 is 5.03. The summed E-state index contributed by atoms with van der Waals surface area (Å²) in [6.45, 7) is 1.77. The van der Waals surface area contributed by atoms with Gasteiger partial charge in [0.15, 0.2) is 6.10 Å². The number of halogens is 1. The number of nitro groups is 1. The maximum absolute atomic E-state index is 12.2. The first-order valence-electron chi connectivity index (χ1n) is 7.85. The molecule has 2 aromatic carbocycles. The van der Waals surface area contributed by atoms with E-state index in [1.165, 1.54) is 13.0 Å². The lowest BCUT2D eigenvalue weighted by atomic mass is 10.1. The van der Waals surface area contributed by atoms with Gasteiger partial charge >= 0.3 is 5.97 Å². The van der Waals surface area contributed by atoms with Crippen LogP contribution in [-0.2, 0) is 16.0 Å². The third kappa shape index (κ3) is 5.29. The second kappa shape index (κ2) is 8.96. The van der Waals surface area contributed by atoms with Crippen LogP contribution in [0.15, 0.2) is 48.5 Å². The summed E-state index contributed by atoms with van der Waals surface area (Å²) >= 11 is 5.78. The van der Waals surface area contributed by atoms with Crippen molar-refractivity contribution in [1.29, 1.82) is 0 Å². The van der Waals surface area contributed by atoms with E-state index in [2.05, 4.69) is 5.32 Å². The van der Waals surface area contributed by atoms with Gasteiger partial charge < -0.3 is 10.1 Å². The van der Waals surface area contributed by atoms with E-state index in [1.54, 1.807) is 0 Å². The van der Waals surface area contributed by atoms with Gasteiger partial charge in [-0.2, -0.15) is 0 Å². The van der Waals surface area contributed by atoms with Gasteiger partial charge in [0.2, 0.25) is 0 Å². The van der Waals surface area contributed by atoms with Crippen LogP contribution in [0, 0.1) is 10.1 Å². The van der Waals surface area contributed by atoms with Crippen LogP contribution in [0.2, 0.25) is 5.02 Å². The predicted molar refractivity (Wildman–Crippen MR) is 96.1 cm³/mol. The molecule has 0 bridgehead atoms. The number of hydrogen-bond donors (Lipinski definition) is 1. The first kappa shape index (κ1) is 19.4. The van der Waals surface area contributed by atoms with Crippen LogP contribution >= 0.6 is 11.6 Å². The molecular formula is C18H17ClN2O5. The van der Waals surface area contributed by atoms with Crippen molar-refractivity contribution in [2.24, 2.45) is 0 Å². The zero-order valence-corrected chi connectivity index (χ0v) is 14.7. The van der Waals surface area contributed by atoms with Gasteiger partial charge in [-0.3, -0.25) is 14.9 Å². The smallest absolute Gasteiger partial charge is 0.345 e. The van der Waals surface area contributed by atoms with Crippen molar-refractivity contribution in [2.45, 2.75) is 19.4 Å². The minimum atomic E-state index is -1.10. The quantitative estimate of drug-likeness (QED) is 0.454. The summed E-state index contributed by atoms with van der Waals surface area (Å²) in [5, 5.41) is 13.8. The third-order valence-electron chi connectivity index (χ3n) is 3.58. The Labute approximate surface area is 155 Å². The summed E-state index contributed by atoms with van der Waals surface area (Å²) in [6.07, 6.45) is -0.468. The molecular weight excluding hydrogens is 360 g/mol. The molecule has 0 heterocycles. The number of nitrogens with one attached hydrogen (secondary N) is 1. The second-order valence-corrected chi connectivity index (χ2v) is 5.93. The molecule has 1 unspecified atom stereocenters. The van der Waals surface area contributed by atoms with Gasteiger partial charge in [0.1, 0.15) is 5.56 Å². The highest BCUT2D eigenvalue weighted by molar-refractivity contribution is 6.31. The van der Waals surface area contributed by atoms with E-state index in [4.69, 9.17) is 16.3 Å². The van der Waals surface area contributed by atoms with Gasteiger partial charge in [-0.1, -0.05) is 41.9 Å². The standard InChI is InChI=1S/C18H17ClN2O5/c1-12(17(22)20-10-9-13-5-3-2-4-6-13)26-18(23)15-11-14(19)7-8-16(15)21(24)25/h2-8,11-12H,9-10H2,1H3,(H,20,22). The Kier molecular flexibility index (Phi) is 6.68. The lowest BCUT2D eigenvalue weighted by Crippen LogP contribution is -2.37. The minimum absolute atomic E-state index is 0.155. The Hall–Kier alpha value is -2.93. The fourth-order valence-corrected chi connectivity index (χ4v) is 2.40. The normalized spacial score (nSPS) is 11.5. The molecule has 8 heteroatoms. The van der Waals surface area contributed by atoms with Gasteiger partial charge in [-0.05, 0) is 31.0 Å². The van der Waals surface area contributed by atoms with Crippen molar-refractivity contribution >= 4 is 29.2 Å². The number of carbonyl (C=O) groups is 2. The molecule has 2 rings (SSSR count). The Morgan fingerprint density at radius 2 is 1.92 bits per heavy atom. The molecule has 2 aromatic rings. The molecule has 7 nitrogen and oxygen atoms in total. The molecule has 0 saturated heterocycles. The number of carbonyl (C=O) groups excluding carboxylic acids is 2. The Morgan fingerprint density at radius 1 is 1.23 bits per heavy atom. The molecule has 0 aliphatic carbocycles. The molecule has 1 N–H and O–H groups in total. The average Bonchev–Trinajstić information content (AvgIpc) is 2.62. The molecule has 0 aliphatic heterocycles. The van der Waals surface area contributed by atoms with Gasteiger partial charge in [0.25, 0.3) is 11.6 Å². The zero-order chi connectivity index (χ0) is 19.1. The molecule has 1 atom stereocenters. The first-order valence-corrected chi connectivity index (χ1v) is 8.23. The Bertz CT molecular complexity index is 810. The average molecular weight is 377 g/mol. The highest BCUT2D eigenvalue weighted by Gasteiger charge is 2.25. The molecule has 0 saturated carbocycles. The second-order valence-electron chi connectivity index (χ2n) is 5.49. The molecule has 0 radical (unpaired) electrons. The number of hydrogen-bond acceptors (Lipinski definition) is 5. The summed E-state index contributed by atoms with van der Waals surface area (Å²) in [4.78, 5) is 34.5. The van der Waals surface area contributed by atoms with Crippen LogP contribution in [0.4, 0.5) is 5.69 Å². The minimum Gasteiger partial charge on any atom is -0.449 e. The van der Waals surface area contributed by atoms with Crippen molar-refractivity contribution in [3.63, 3.8) is 0 Å². The van der Waals surface area contributed by atoms with E-state index in [9.17, 15) is 19.7 Å². The number of ether oxygens (including phenoxy) is 1. The number of rotatable bonds is 7. The van der Waals surface area contributed by atoms with E-state index < -0.39 is 28.6 Å². The predicted octanol–water partition coefficient (Wildman–Crippen LogP) is 3.15. The summed E-state index contributed by atoms with van der Waals surface area (Å²) in [5.74, 6) is -1.47. The van der Waals surface area contributed by atoms with Crippen LogP contribution in [0.3, 0.4) is 0 Å². The maximum Gasteiger partial charge on any atom is 0.345 e. The fraction of sp³-hybridized carbons (Fsp3) is 0.222. The van der Waals surface area contributed by atoms with Crippen molar-refractivity contribution in [2.75, 3.05) is 6.54 Å². The lowest BCUT2D eigenvalue weighted by Gasteiger charge is -2.13. The van der Waals surface area contributed by atoms with Gasteiger partial charge in [0, 0.05) is 17.6 Å². The van der Waals surface area contributed by atoms with Gasteiger partial charge in [-0.15, -0.1) is 0 Å². The van der Waals surface area contributed by atoms with Crippen molar-refractivity contribution in [3.8, 4) is 0 Å². The number of nitrogens with zero attached hydrogens (tertiary/aromatic N) is 1. The lowest BCUT2D eigenvalue weighted by molar-refractivity contribution is -0.385. The van der Waals surface area contributed by atoms with E-state index in [1.807, 2.05) is 30.3 Å².